The molecule has 1 aliphatic rings. The maximum Gasteiger partial charge on any atom is 0.308 e. The van der Waals surface area contributed by atoms with Crippen molar-refractivity contribution >= 4 is 11.5 Å². The van der Waals surface area contributed by atoms with Crippen molar-refractivity contribution in [3.63, 3.8) is 0 Å². The van der Waals surface area contributed by atoms with Gasteiger partial charge in [-0.3, -0.25) is 4.79 Å². The first-order valence-electron chi connectivity index (χ1n) is 9.65. The minimum absolute atomic E-state index is 0.0239. The lowest BCUT2D eigenvalue weighted by atomic mass is 10.1. The maximum atomic E-state index is 12.0. The Morgan fingerprint density at radius 3 is 2.88 bits per heavy atom. The second-order valence-corrected chi connectivity index (χ2v) is 7.50. The van der Waals surface area contributed by atoms with E-state index in [0.717, 1.165) is 42.6 Å². The SMILES string of the molecule is CCCC(C)C(=O)OCC1CCC(c2ccc3c(C(C)C)ncnn23)O1. The molecule has 1 saturated heterocycles. The van der Waals surface area contributed by atoms with Gasteiger partial charge in [-0.15, -0.1) is 0 Å². The topological polar surface area (TPSA) is 65.7 Å². The standard InChI is InChI=1S/C20H29N3O3/c1-5-6-14(4)20(24)25-11-15-7-10-18(26-15)16-8-9-17-19(13(2)3)21-12-22-23(16)17/h8-9,12-15,18H,5-7,10-11H2,1-4H3. The van der Waals surface area contributed by atoms with E-state index >= 15 is 0 Å². The third-order valence-electron chi connectivity index (χ3n) is 5.03. The smallest absolute Gasteiger partial charge is 0.308 e. The van der Waals surface area contributed by atoms with Crippen molar-refractivity contribution < 1.29 is 14.3 Å². The van der Waals surface area contributed by atoms with Gasteiger partial charge in [-0.2, -0.15) is 5.10 Å². The van der Waals surface area contributed by atoms with E-state index in [4.69, 9.17) is 9.47 Å². The van der Waals surface area contributed by atoms with Crippen LogP contribution in [0.2, 0.25) is 0 Å². The fourth-order valence-corrected chi connectivity index (χ4v) is 3.58. The van der Waals surface area contributed by atoms with Crippen molar-refractivity contribution in [3.05, 3.63) is 29.8 Å². The van der Waals surface area contributed by atoms with Crippen molar-refractivity contribution in [2.45, 2.75) is 71.5 Å². The molecule has 0 saturated carbocycles. The van der Waals surface area contributed by atoms with Gasteiger partial charge in [0.1, 0.15) is 19.0 Å². The summed E-state index contributed by atoms with van der Waals surface area (Å²) in [5.74, 6) is 0.171. The lowest BCUT2D eigenvalue weighted by molar-refractivity contribution is -0.152. The predicted octanol–water partition coefficient (Wildman–Crippen LogP) is 4.05. The summed E-state index contributed by atoms with van der Waals surface area (Å²) in [6.07, 6.45) is 5.17. The molecule has 3 rings (SSSR count). The Bertz CT molecular complexity index is 756. The van der Waals surface area contributed by atoms with E-state index in [1.165, 1.54) is 0 Å². The highest BCUT2D eigenvalue weighted by Gasteiger charge is 2.30. The highest BCUT2D eigenvalue weighted by molar-refractivity contribution is 5.71. The Labute approximate surface area is 154 Å². The third-order valence-corrected chi connectivity index (χ3v) is 5.03. The minimum atomic E-state index is -0.124. The zero-order chi connectivity index (χ0) is 18.7. The van der Waals surface area contributed by atoms with Crippen LogP contribution in [0.15, 0.2) is 18.5 Å². The molecule has 3 unspecified atom stereocenters. The zero-order valence-electron chi connectivity index (χ0n) is 16.1. The molecule has 26 heavy (non-hydrogen) atoms. The summed E-state index contributed by atoms with van der Waals surface area (Å²) in [5.41, 5.74) is 3.11. The Morgan fingerprint density at radius 1 is 1.35 bits per heavy atom. The lowest BCUT2D eigenvalue weighted by Gasteiger charge is -2.16. The van der Waals surface area contributed by atoms with Gasteiger partial charge in [-0.1, -0.05) is 34.1 Å². The van der Waals surface area contributed by atoms with Gasteiger partial charge in [0.05, 0.1) is 28.9 Å². The van der Waals surface area contributed by atoms with Crippen LogP contribution < -0.4 is 0 Å². The highest BCUT2D eigenvalue weighted by atomic mass is 16.6. The molecule has 0 aromatic carbocycles. The summed E-state index contributed by atoms with van der Waals surface area (Å²) in [6, 6.07) is 4.13. The van der Waals surface area contributed by atoms with Gasteiger partial charge in [0, 0.05) is 0 Å². The van der Waals surface area contributed by atoms with Crippen molar-refractivity contribution in [3.8, 4) is 0 Å². The molecule has 0 amide bonds. The molecule has 1 aliphatic heterocycles. The van der Waals surface area contributed by atoms with Crippen LogP contribution in [0.3, 0.4) is 0 Å². The lowest BCUT2D eigenvalue weighted by Crippen LogP contribution is -2.22. The number of nitrogens with zero attached hydrogens (tertiary/aromatic N) is 3. The Balaban J connectivity index is 1.63. The first-order valence-corrected chi connectivity index (χ1v) is 9.65. The summed E-state index contributed by atoms with van der Waals surface area (Å²) < 4.78 is 13.5. The van der Waals surface area contributed by atoms with E-state index in [-0.39, 0.29) is 24.1 Å². The molecule has 6 nitrogen and oxygen atoms in total. The number of carbonyl (C=O) groups is 1. The van der Waals surface area contributed by atoms with Crippen molar-refractivity contribution in [2.24, 2.45) is 5.92 Å². The highest BCUT2D eigenvalue weighted by Crippen LogP contribution is 2.34. The van der Waals surface area contributed by atoms with E-state index < -0.39 is 0 Å². The molecule has 0 N–H and O–H groups in total. The number of hydrogen-bond acceptors (Lipinski definition) is 5. The third kappa shape index (κ3) is 3.90. The molecule has 0 radical (unpaired) electrons. The maximum absolute atomic E-state index is 12.0. The summed E-state index contributed by atoms with van der Waals surface area (Å²) in [4.78, 5) is 16.4. The number of aromatic nitrogens is 3. The van der Waals surface area contributed by atoms with E-state index in [0.29, 0.717) is 12.5 Å². The Hall–Kier alpha value is -1.95. The molecule has 6 heteroatoms. The van der Waals surface area contributed by atoms with Gasteiger partial charge in [0.15, 0.2) is 0 Å². The van der Waals surface area contributed by atoms with Crippen LogP contribution in [0.5, 0.6) is 0 Å². The summed E-state index contributed by atoms with van der Waals surface area (Å²) in [7, 11) is 0. The van der Waals surface area contributed by atoms with E-state index in [1.807, 2.05) is 11.4 Å². The number of carbonyl (C=O) groups excluding carboxylic acids is 1. The molecule has 2 aromatic rings. The summed E-state index contributed by atoms with van der Waals surface area (Å²) in [6.45, 7) is 8.59. The molecule has 2 aromatic heterocycles. The first kappa shape index (κ1) is 18.8. The molecular weight excluding hydrogens is 330 g/mol. The number of hydrogen-bond donors (Lipinski definition) is 0. The fraction of sp³-hybridized carbons (Fsp3) is 0.650. The average molecular weight is 359 g/mol. The Kier molecular flexibility index (Phi) is 5.91. The molecule has 0 aliphatic carbocycles. The van der Waals surface area contributed by atoms with Crippen LogP contribution in [-0.4, -0.2) is 33.3 Å². The summed E-state index contributed by atoms with van der Waals surface area (Å²) >= 11 is 0. The second-order valence-electron chi connectivity index (χ2n) is 7.50. The summed E-state index contributed by atoms with van der Waals surface area (Å²) in [5, 5.41) is 4.41. The first-order chi connectivity index (χ1) is 12.5. The number of ether oxygens (including phenoxy) is 2. The number of esters is 1. The largest absolute Gasteiger partial charge is 0.463 e. The normalized spacial score (nSPS) is 21.4. The predicted molar refractivity (Wildman–Crippen MR) is 99.0 cm³/mol. The van der Waals surface area contributed by atoms with Gasteiger partial charge in [-0.25, -0.2) is 9.50 Å². The second kappa shape index (κ2) is 8.16. The van der Waals surface area contributed by atoms with Gasteiger partial charge in [0.25, 0.3) is 0 Å². The van der Waals surface area contributed by atoms with E-state index in [9.17, 15) is 4.79 Å². The van der Waals surface area contributed by atoms with Crippen LogP contribution in [0.25, 0.3) is 5.52 Å². The van der Waals surface area contributed by atoms with Crippen LogP contribution in [0.4, 0.5) is 0 Å². The van der Waals surface area contributed by atoms with Gasteiger partial charge in [-0.05, 0) is 37.3 Å². The van der Waals surface area contributed by atoms with Crippen LogP contribution >= 0.6 is 0 Å². The molecule has 0 spiro atoms. The van der Waals surface area contributed by atoms with Crippen LogP contribution in [0, 0.1) is 5.92 Å². The molecule has 142 valence electrons. The van der Waals surface area contributed by atoms with Gasteiger partial charge >= 0.3 is 5.97 Å². The Morgan fingerprint density at radius 2 is 2.15 bits per heavy atom. The number of rotatable bonds is 7. The van der Waals surface area contributed by atoms with Gasteiger partial charge in [0.2, 0.25) is 0 Å². The minimum Gasteiger partial charge on any atom is -0.463 e. The van der Waals surface area contributed by atoms with Crippen LogP contribution in [0.1, 0.15) is 76.8 Å². The fourth-order valence-electron chi connectivity index (χ4n) is 3.58. The number of fused-ring (bicyclic) bond motifs is 1. The van der Waals surface area contributed by atoms with Gasteiger partial charge < -0.3 is 9.47 Å². The molecular formula is C20H29N3O3. The molecule has 0 bridgehead atoms. The molecule has 1 fully saturated rings. The van der Waals surface area contributed by atoms with Crippen LogP contribution in [-0.2, 0) is 14.3 Å². The monoisotopic (exact) mass is 359 g/mol. The van der Waals surface area contributed by atoms with Crippen molar-refractivity contribution in [2.75, 3.05) is 6.61 Å². The van der Waals surface area contributed by atoms with E-state index in [1.54, 1.807) is 6.33 Å². The zero-order valence-corrected chi connectivity index (χ0v) is 16.1. The molecule has 3 atom stereocenters. The van der Waals surface area contributed by atoms with Crippen molar-refractivity contribution in [1.82, 2.24) is 14.6 Å². The average Bonchev–Trinajstić information content (AvgIpc) is 3.25. The van der Waals surface area contributed by atoms with E-state index in [2.05, 4.69) is 43.0 Å². The quantitative estimate of drug-likeness (QED) is 0.698. The van der Waals surface area contributed by atoms with Crippen molar-refractivity contribution in [1.29, 1.82) is 0 Å². The molecule has 3 heterocycles.